The summed E-state index contributed by atoms with van der Waals surface area (Å²) in [5, 5.41) is 9.56. The van der Waals surface area contributed by atoms with Crippen molar-refractivity contribution >= 4 is 12.0 Å². The van der Waals surface area contributed by atoms with Gasteiger partial charge in [0.25, 0.3) is 5.91 Å². The van der Waals surface area contributed by atoms with Gasteiger partial charge in [-0.1, -0.05) is 6.58 Å². The average Bonchev–Trinajstić information content (AvgIpc) is 1.96. The fourth-order valence-electron chi connectivity index (χ4n) is 0.658. The summed E-state index contributed by atoms with van der Waals surface area (Å²) < 4.78 is 0. The molecule has 0 atom stereocenters. The van der Waals surface area contributed by atoms with Gasteiger partial charge in [-0.05, 0) is 26.8 Å². The summed E-state index contributed by atoms with van der Waals surface area (Å²) in [4.78, 5) is 21.5. The number of hydrazine groups is 1. The van der Waals surface area contributed by atoms with Crippen LogP contribution in [0.25, 0.3) is 0 Å². The van der Waals surface area contributed by atoms with Crippen molar-refractivity contribution in [2.24, 2.45) is 0 Å². The van der Waals surface area contributed by atoms with Crippen molar-refractivity contribution in [3.8, 4) is 0 Å². The molecule has 2 amide bonds. The third-order valence-electron chi connectivity index (χ3n) is 1.27. The quantitative estimate of drug-likeness (QED) is 0.473. The first-order chi connectivity index (χ1) is 5.79. The van der Waals surface area contributed by atoms with Crippen LogP contribution >= 0.6 is 0 Å². The van der Waals surface area contributed by atoms with Crippen LogP contribution < -0.4 is 5.43 Å². The maximum atomic E-state index is 10.8. The molecule has 0 aromatic carbocycles. The standard InChI is InChI=1S/C8H14N2O3/c1-5-6(11)9-10(7(12)13)8(2,3)4/h5H,1H2,2-4H3,(H,9,11)(H,12,13). The minimum atomic E-state index is -1.21. The molecule has 0 fully saturated rings. The van der Waals surface area contributed by atoms with Gasteiger partial charge in [0.2, 0.25) is 0 Å². The highest BCUT2D eigenvalue weighted by Crippen LogP contribution is 2.09. The molecule has 13 heavy (non-hydrogen) atoms. The predicted octanol–water partition coefficient (Wildman–Crippen LogP) is 0.982. The number of hydrogen-bond donors (Lipinski definition) is 2. The van der Waals surface area contributed by atoms with Crippen LogP contribution in [0.5, 0.6) is 0 Å². The molecular weight excluding hydrogens is 172 g/mol. The second kappa shape index (κ2) is 3.93. The molecule has 2 N–H and O–H groups in total. The van der Waals surface area contributed by atoms with Crippen LogP contribution in [-0.4, -0.2) is 27.7 Å². The zero-order valence-corrected chi connectivity index (χ0v) is 8.00. The Labute approximate surface area is 77.0 Å². The van der Waals surface area contributed by atoms with E-state index in [1.165, 1.54) is 0 Å². The van der Waals surface area contributed by atoms with E-state index in [1.807, 2.05) is 0 Å². The third kappa shape index (κ3) is 3.59. The largest absolute Gasteiger partial charge is 0.464 e. The Morgan fingerprint density at radius 2 is 1.92 bits per heavy atom. The van der Waals surface area contributed by atoms with Crippen LogP contribution in [0.1, 0.15) is 20.8 Å². The SMILES string of the molecule is C=CC(=O)NN(C(=O)O)C(C)(C)C. The topological polar surface area (TPSA) is 69.6 Å². The lowest BCUT2D eigenvalue weighted by Crippen LogP contribution is -2.55. The maximum absolute atomic E-state index is 10.8. The Balaban J connectivity index is 4.55. The third-order valence-corrected chi connectivity index (χ3v) is 1.27. The number of amides is 2. The summed E-state index contributed by atoms with van der Waals surface area (Å²) in [6.07, 6.45) is -0.190. The van der Waals surface area contributed by atoms with Gasteiger partial charge in [0, 0.05) is 0 Å². The van der Waals surface area contributed by atoms with Gasteiger partial charge in [0.1, 0.15) is 0 Å². The second-order valence-electron chi connectivity index (χ2n) is 3.47. The molecule has 0 heterocycles. The monoisotopic (exact) mass is 186 g/mol. The van der Waals surface area contributed by atoms with E-state index in [2.05, 4.69) is 12.0 Å². The van der Waals surface area contributed by atoms with Crippen LogP contribution in [0, 0.1) is 0 Å². The van der Waals surface area contributed by atoms with Gasteiger partial charge in [-0.15, -0.1) is 0 Å². The molecule has 0 aliphatic heterocycles. The van der Waals surface area contributed by atoms with E-state index >= 15 is 0 Å². The number of carbonyl (C=O) groups excluding carboxylic acids is 1. The summed E-state index contributed by atoms with van der Waals surface area (Å²) >= 11 is 0. The molecule has 0 aliphatic rings. The summed E-state index contributed by atoms with van der Waals surface area (Å²) in [5.74, 6) is -0.544. The fourth-order valence-corrected chi connectivity index (χ4v) is 0.658. The zero-order chi connectivity index (χ0) is 10.6. The molecule has 5 heteroatoms. The highest BCUT2D eigenvalue weighted by molar-refractivity contribution is 5.88. The molecule has 0 aromatic rings. The van der Waals surface area contributed by atoms with Crippen molar-refractivity contribution in [2.45, 2.75) is 26.3 Å². The van der Waals surface area contributed by atoms with E-state index in [1.54, 1.807) is 20.8 Å². The lowest BCUT2D eigenvalue weighted by atomic mass is 10.1. The van der Waals surface area contributed by atoms with Gasteiger partial charge in [-0.3, -0.25) is 10.2 Å². The number of rotatable bonds is 1. The van der Waals surface area contributed by atoms with Crippen LogP contribution in [0.4, 0.5) is 4.79 Å². The first-order valence-corrected chi connectivity index (χ1v) is 3.75. The smallest absolute Gasteiger partial charge is 0.426 e. The molecule has 0 unspecified atom stereocenters. The van der Waals surface area contributed by atoms with Crippen molar-refractivity contribution in [3.05, 3.63) is 12.7 Å². The minimum absolute atomic E-state index is 0.544. The molecule has 0 radical (unpaired) electrons. The van der Waals surface area contributed by atoms with Gasteiger partial charge in [0.15, 0.2) is 0 Å². The van der Waals surface area contributed by atoms with Gasteiger partial charge in [-0.2, -0.15) is 0 Å². The summed E-state index contributed by atoms with van der Waals surface area (Å²) in [5.41, 5.74) is 1.51. The van der Waals surface area contributed by atoms with Crippen LogP contribution in [0.15, 0.2) is 12.7 Å². The van der Waals surface area contributed by atoms with Crippen molar-refractivity contribution < 1.29 is 14.7 Å². The summed E-state index contributed by atoms with van der Waals surface area (Å²) in [6.45, 7) is 8.24. The lowest BCUT2D eigenvalue weighted by Gasteiger charge is -2.32. The van der Waals surface area contributed by atoms with Gasteiger partial charge in [0.05, 0.1) is 5.54 Å². The lowest BCUT2D eigenvalue weighted by molar-refractivity contribution is -0.122. The number of hydrogen-bond acceptors (Lipinski definition) is 2. The maximum Gasteiger partial charge on any atom is 0.426 e. The first-order valence-electron chi connectivity index (χ1n) is 3.75. The number of carbonyl (C=O) groups is 2. The van der Waals surface area contributed by atoms with Crippen molar-refractivity contribution in [2.75, 3.05) is 0 Å². The van der Waals surface area contributed by atoms with E-state index in [9.17, 15) is 9.59 Å². The van der Waals surface area contributed by atoms with Crippen molar-refractivity contribution in [1.29, 1.82) is 0 Å². The molecule has 0 bridgehead atoms. The second-order valence-corrected chi connectivity index (χ2v) is 3.47. The highest BCUT2D eigenvalue weighted by atomic mass is 16.4. The van der Waals surface area contributed by atoms with Crippen molar-refractivity contribution in [1.82, 2.24) is 10.4 Å². The zero-order valence-electron chi connectivity index (χ0n) is 8.00. The Hall–Kier alpha value is -1.52. The van der Waals surface area contributed by atoms with E-state index < -0.39 is 17.5 Å². The predicted molar refractivity (Wildman–Crippen MR) is 48.0 cm³/mol. The average molecular weight is 186 g/mol. The fraction of sp³-hybridized carbons (Fsp3) is 0.500. The molecule has 0 saturated carbocycles. The van der Waals surface area contributed by atoms with Gasteiger partial charge >= 0.3 is 6.09 Å². The molecular formula is C8H14N2O3. The highest BCUT2D eigenvalue weighted by Gasteiger charge is 2.27. The Morgan fingerprint density at radius 3 is 2.15 bits per heavy atom. The molecule has 0 aromatic heterocycles. The molecule has 5 nitrogen and oxygen atoms in total. The number of carboxylic acid groups (broad SMARTS) is 1. The molecule has 0 spiro atoms. The van der Waals surface area contributed by atoms with Crippen LogP contribution in [0.3, 0.4) is 0 Å². The molecule has 0 rings (SSSR count). The van der Waals surface area contributed by atoms with E-state index in [4.69, 9.17) is 5.11 Å². The van der Waals surface area contributed by atoms with E-state index in [0.717, 1.165) is 11.1 Å². The summed E-state index contributed by atoms with van der Waals surface area (Å²) in [7, 11) is 0. The van der Waals surface area contributed by atoms with Gasteiger partial charge < -0.3 is 5.11 Å². The van der Waals surface area contributed by atoms with E-state index in [-0.39, 0.29) is 0 Å². The van der Waals surface area contributed by atoms with Crippen molar-refractivity contribution in [3.63, 3.8) is 0 Å². The van der Waals surface area contributed by atoms with Gasteiger partial charge in [-0.25, -0.2) is 9.80 Å². The minimum Gasteiger partial charge on any atom is -0.464 e. The Kier molecular flexibility index (Phi) is 3.47. The number of nitrogens with one attached hydrogen (secondary N) is 1. The first kappa shape index (κ1) is 11.5. The van der Waals surface area contributed by atoms with Crippen LogP contribution in [0.2, 0.25) is 0 Å². The Bertz CT molecular complexity index is 230. The van der Waals surface area contributed by atoms with Crippen LogP contribution in [-0.2, 0) is 4.79 Å². The molecule has 0 aliphatic carbocycles. The Morgan fingerprint density at radius 1 is 1.46 bits per heavy atom. The normalized spacial score (nSPS) is 10.4. The molecule has 74 valence electrons. The van der Waals surface area contributed by atoms with E-state index in [0.29, 0.717) is 0 Å². The summed E-state index contributed by atoms with van der Waals surface area (Å²) in [6, 6.07) is 0. The number of nitrogens with zero attached hydrogens (tertiary/aromatic N) is 1. The molecule has 0 saturated heterocycles.